The number of nitrogens with zero attached hydrogens (tertiary/aromatic N) is 10. The van der Waals surface area contributed by atoms with Crippen LogP contribution in [0.15, 0.2) is 170 Å². The van der Waals surface area contributed by atoms with E-state index >= 15 is 0 Å². The van der Waals surface area contributed by atoms with Gasteiger partial charge >= 0.3 is 51.4 Å². The molecule has 4 atom stereocenters. The van der Waals surface area contributed by atoms with Crippen molar-refractivity contribution in [3.8, 4) is 46.0 Å². The molecule has 671 valence electrons. The summed E-state index contributed by atoms with van der Waals surface area (Å²) in [4.78, 5) is 32.4. The number of halogens is 15. The van der Waals surface area contributed by atoms with Gasteiger partial charge in [-0.1, -0.05) is 74.2 Å². The summed E-state index contributed by atoms with van der Waals surface area (Å²) in [7, 11) is 3.60. The lowest BCUT2D eigenvalue weighted by atomic mass is 10.2. The Bertz CT molecular complexity index is 4650. The Morgan fingerprint density at radius 2 is 0.742 bits per heavy atom. The van der Waals surface area contributed by atoms with E-state index in [1.54, 1.807) is 86.5 Å². The third kappa shape index (κ3) is 32.0. The van der Waals surface area contributed by atoms with E-state index in [9.17, 15) is 80.6 Å². The molecule has 4 unspecified atom stereocenters. The van der Waals surface area contributed by atoms with Gasteiger partial charge in [0, 0.05) is 93.2 Å². The SMILES string of the molecule is CC1CCCC1.CC1CCN(c2ccc(OC(F)(F)F)cc2)C1.CCOC(=O)c1nnn(Cc2ccc(OC)cc2)c1NC1CCN(c2ccc(OC(F)(F)F)cc2)C1.COc1ccc(Cn2nnc(C(=O)O)c2NC2CCN(c3ccc(OC(F)(F)F)cc3)C2)cc1.NC1CCN(c2ccc(OC(F)(F)F)cc2)C1.O[B]Oc1ccc(OC(F)(F)F)cc1. The van der Waals surface area contributed by atoms with Gasteiger partial charge in [0.15, 0.2) is 11.6 Å². The number of rotatable bonds is 24. The van der Waals surface area contributed by atoms with E-state index in [4.69, 9.17) is 25.0 Å². The standard InChI is InChI=1S/C24H26F3N5O4.C22H22F3N5O4.C12H14F3NO.C11H13F3N2O.C7H5BF3O3.C6H12/c1-3-35-23(33)21-22(32(30-29-21)14-16-4-8-19(34-2)9-5-16)28-17-12-13-31(15-17)18-6-10-20(11-7-18)36-24(25,26)27;1-33-17-6-2-14(3-7-17)12-30-20(19(21(31)32)27-28-30)26-15-10-11-29(13-15)16-4-8-18(9-5-16)34-22(23,24)25;1-9-6-7-16(8-9)10-2-4-11(5-3-10)17-12(13,14)15;12-11(13,14)17-10-3-1-9(2-4-10)16-6-5-8(15)7-16;9-7(10,11)13-5-1-3-6(4-2-5)14-8-12;1-6-4-2-3-5-6/h4-11,17,28H,3,12-15H2,1-2H3;2-9,15,26H,10-13H2,1H3,(H,31,32);2-5,9H,6-8H2,1H3;1-4,8H,5-7,15H2;1-4,12H;6H,2-5H2,1H3. The van der Waals surface area contributed by atoms with Crippen LogP contribution in [-0.4, -0.2) is 183 Å². The lowest BCUT2D eigenvalue weighted by Crippen LogP contribution is -2.28. The summed E-state index contributed by atoms with van der Waals surface area (Å²) in [5.74, 6) is 1.03. The first kappa shape index (κ1) is 95.7. The summed E-state index contributed by atoms with van der Waals surface area (Å²) in [5.41, 5.74) is 10.8. The van der Waals surface area contributed by atoms with Crippen molar-refractivity contribution in [2.24, 2.45) is 17.6 Å². The quantitative estimate of drug-likeness (QED) is 0.0213. The van der Waals surface area contributed by atoms with E-state index in [-0.39, 0.29) is 70.6 Å². The molecule has 0 spiro atoms. The smallest absolute Gasteiger partial charge is 0.537 e. The highest BCUT2D eigenvalue weighted by molar-refractivity contribution is 6.17. The fourth-order valence-corrected chi connectivity index (χ4v) is 13.6. The van der Waals surface area contributed by atoms with E-state index in [2.05, 4.69) is 78.3 Å². The molecule has 7 aromatic carbocycles. The average Bonchev–Trinajstić information content (AvgIpc) is 1.66. The number of carbonyl (C=O) groups excluding carboxylic acids is 1. The molecule has 6 N–H and O–H groups in total. The third-order valence-electron chi connectivity index (χ3n) is 19.5. The minimum atomic E-state index is -4.74. The number of carboxylic acids is 1. The molecule has 0 amide bonds. The van der Waals surface area contributed by atoms with Crippen molar-refractivity contribution in [3.63, 3.8) is 0 Å². The zero-order valence-corrected chi connectivity index (χ0v) is 67.7. The normalized spacial score (nSPS) is 17.0. The fraction of sp³-hybridized carbons (Fsp3) is 0.415. The number of carboxylic acid groups (broad SMARTS) is 1. The first-order chi connectivity index (χ1) is 58.7. The molecule has 5 aliphatic rings. The summed E-state index contributed by atoms with van der Waals surface area (Å²) < 4.78 is 223. The fourth-order valence-electron chi connectivity index (χ4n) is 13.6. The summed E-state index contributed by atoms with van der Waals surface area (Å²) in [6.07, 6.45) is -14.0. The van der Waals surface area contributed by atoms with Crippen molar-refractivity contribution in [2.75, 3.05) is 103 Å². The number of nitrogens with one attached hydrogen (secondary N) is 2. The molecule has 0 bridgehead atoms. The van der Waals surface area contributed by atoms with Gasteiger partial charge in [-0.15, -0.1) is 76.1 Å². The molecule has 1 saturated carbocycles. The minimum absolute atomic E-state index is 0.0580. The Morgan fingerprint density at radius 3 is 1.04 bits per heavy atom. The number of hydrogen-bond acceptors (Lipinski definition) is 23. The second-order valence-electron chi connectivity index (χ2n) is 28.9. The van der Waals surface area contributed by atoms with E-state index in [1.165, 1.54) is 91.0 Å². The first-order valence-electron chi connectivity index (χ1n) is 39.0. The van der Waals surface area contributed by atoms with Crippen molar-refractivity contribution >= 4 is 54.0 Å². The maximum atomic E-state index is 12.5. The second-order valence-corrected chi connectivity index (χ2v) is 28.9. The molecule has 42 heteroatoms. The summed E-state index contributed by atoms with van der Waals surface area (Å²) in [5, 5.41) is 40.4. The van der Waals surface area contributed by atoms with Crippen LogP contribution in [0.5, 0.6) is 46.0 Å². The van der Waals surface area contributed by atoms with Crippen LogP contribution < -0.4 is 73.8 Å². The van der Waals surface area contributed by atoms with Gasteiger partial charge in [-0.2, -0.15) is 0 Å². The highest BCUT2D eigenvalue weighted by Gasteiger charge is 2.37. The monoisotopic (exact) mass is 1760 g/mol. The van der Waals surface area contributed by atoms with Gasteiger partial charge in [0.2, 0.25) is 11.4 Å². The van der Waals surface area contributed by atoms with Gasteiger partial charge in [0.05, 0.1) is 33.9 Å². The Kier molecular flexibility index (Phi) is 34.2. The van der Waals surface area contributed by atoms with Crippen LogP contribution in [0.25, 0.3) is 0 Å². The molecule has 1 radical (unpaired) electrons. The molecule has 124 heavy (non-hydrogen) atoms. The van der Waals surface area contributed by atoms with Gasteiger partial charge in [0.1, 0.15) is 46.0 Å². The number of carbonyl (C=O) groups is 2. The van der Waals surface area contributed by atoms with Gasteiger partial charge in [-0.3, -0.25) is 0 Å². The van der Waals surface area contributed by atoms with Gasteiger partial charge in [-0.25, -0.2) is 19.0 Å². The van der Waals surface area contributed by atoms with Crippen LogP contribution >= 0.6 is 0 Å². The molecule has 9 aromatic rings. The van der Waals surface area contributed by atoms with Gasteiger partial charge in [0.25, 0.3) is 0 Å². The number of nitrogens with two attached hydrogens (primary N) is 1. The number of aromatic carboxylic acids is 1. The third-order valence-corrected chi connectivity index (χ3v) is 19.5. The molecule has 2 aromatic heterocycles. The van der Waals surface area contributed by atoms with Crippen LogP contribution in [0.2, 0.25) is 0 Å². The highest BCUT2D eigenvalue weighted by Crippen LogP contribution is 2.35. The lowest BCUT2D eigenvalue weighted by Gasteiger charge is -2.20. The van der Waals surface area contributed by atoms with Crippen LogP contribution in [0, 0.1) is 11.8 Å². The Labute approximate surface area is 704 Å². The van der Waals surface area contributed by atoms with Crippen molar-refractivity contribution in [1.29, 1.82) is 0 Å². The summed E-state index contributed by atoms with van der Waals surface area (Å²) in [6.45, 7) is 13.0. The predicted octanol–water partition coefficient (Wildman–Crippen LogP) is 17.0. The Morgan fingerprint density at radius 1 is 0.427 bits per heavy atom. The molecular formula is C82H92BF15N13O13. The first-order valence-corrected chi connectivity index (χ1v) is 39.0. The molecule has 26 nitrogen and oxygen atoms in total. The predicted molar refractivity (Wildman–Crippen MR) is 428 cm³/mol. The van der Waals surface area contributed by atoms with Crippen LogP contribution in [0.4, 0.5) is 100 Å². The van der Waals surface area contributed by atoms with Crippen molar-refractivity contribution in [1.82, 2.24) is 30.0 Å². The van der Waals surface area contributed by atoms with Gasteiger partial charge < -0.3 is 88.6 Å². The van der Waals surface area contributed by atoms with Crippen LogP contribution in [0.1, 0.15) is 104 Å². The van der Waals surface area contributed by atoms with E-state index in [1.807, 2.05) is 51.1 Å². The number of aromatic nitrogens is 6. The van der Waals surface area contributed by atoms with E-state index < -0.39 is 43.8 Å². The number of ether oxygens (including phenoxy) is 8. The van der Waals surface area contributed by atoms with Gasteiger partial charge in [-0.05, 0) is 201 Å². The zero-order chi connectivity index (χ0) is 89.9. The second kappa shape index (κ2) is 44.3. The summed E-state index contributed by atoms with van der Waals surface area (Å²) >= 11 is 0. The molecule has 5 fully saturated rings. The minimum Gasteiger partial charge on any atom is -0.537 e. The topological polar surface area (TPSA) is 282 Å². The molecule has 6 heterocycles. The lowest BCUT2D eigenvalue weighted by molar-refractivity contribution is -0.275. The highest BCUT2D eigenvalue weighted by atomic mass is 19.4. The molecule has 1 aliphatic carbocycles. The number of anilines is 6. The maximum absolute atomic E-state index is 12.5. The number of esters is 1. The maximum Gasteiger partial charge on any atom is 0.573 e. The largest absolute Gasteiger partial charge is 0.573 e. The summed E-state index contributed by atoms with van der Waals surface area (Å²) in [6, 6.07) is 42.6. The van der Waals surface area contributed by atoms with Crippen molar-refractivity contribution in [3.05, 3.63) is 192 Å². The van der Waals surface area contributed by atoms with Crippen LogP contribution in [0.3, 0.4) is 0 Å². The molecule has 4 saturated heterocycles. The molecule has 14 rings (SSSR count). The van der Waals surface area contributed by atoms with Crippen molar-refractivity contribution < 1.29 is 128 Å². The Hall–Kier alpha value is -12.1. The molecular weight excluding hydrogens is 1670 g/mol. The molecule has 4 aliphatic heterocycles. The number of methoxy groups -OCH3 is 2. The zero-order valence-electron chi connectivity index (χ0n) is 67.7. The van der Waals surface area contributed by atoms with E-state index in [0.717, 1.165) is 103 Å². The average molecular weight is 1760 g/mol. The van der Waals surface area contributed by atoms with Crippen LogP contribution in [-0.2, 0) is 17.8 Å². The Balaban J connectivity index is 0.000000181. The van der Waals surface area contributed by atoms with E-state index in [0.29, 0.717) is 76.7 Å². The number of hydrogen-bond donors (Lipinski definition) is 5. The number of alkyl halides is 15. The van der Waals surface area contributed by atoms with Crippen molar-refractivity contribution in [2.45, 2.75) is 135 Å². The number of benzene rings is 7.